The summed E-state index contributed by atoms with van der Waals surface area (Å²) in [6.07, 6.45) is -0.696. The fourth-order valence-electron chi connectivity index (χ4n) is 1.97. The van der Waals surface area contributed by atoms with E-state index in [0.717, 1.165) is 0 Å². The highest BCUT2D eigenvalue weighted by Crippen LogP contribution is 2.07. The summed E-state index contributed by atoms with van der Waals surface area (Å²) in [5.74, 6) is -1.25. The van der Waals surface area contributed by atoms with Crippen LogP contribution in [0.1, 0.15) is 27.7 Å². The van der Waals surface area contributed by atoms with Gasteiger partial charge in [0.15, 0.2) is 0 Å². The number of nitrogens with one attached hydrogen (secondary N) is 2. The molecule has 1 aromatic carbocycles. The minimum atomic E-state index is -0.784. The minimum Gasteiger partial charge on any atom is -0.467 e. The Bertz CT molecular complexity index is 519. The lowest BCUT2D eigenvalue weighted by atomic mass is 10.0. The van der Waals surface area contributed by atoms with E-state index in [2.05, 4.69) is 20.1 Å². The molecular weight excluding hydrogens is 336 g/mol. The number of alkyl carbamates (subject to hydrolysis) is 1. The van der Waals surface area contributed by atoms with Gasteiger partial charge in [0.25, 0.3) is 0 Å². The van der Waals surface area contributed by atoms with Crippen LogP contribution in [0.5, 0.6) is 0 Å². The van der Waals surface area contributed by atoms with Crippen LogP contribution >= 0.6 is 0 Å². The van der Waals surface area contributed by atoms with Gasteiger partial charge < -0.3 is 20.1 Å². The van der Waals surface area contributed by atoms with Crippen LogP contribution in [0.3, 0.4) is 0 Å². The summed E-state index contributed by atoms with van der Waals surface area (Å²) in [6.45, 7) is 7.14. The number of esters is 1. The Morgan fingerprint density at radius 2 is 1.12 bits per heavy atom. The molecule has 146 valence electrons. The summed E-state index contributed by atoms with van der Waals surface area (Å²) < 4.78 is 9.13. The maximum atomic E-state index is 12.2. The quantitative estimate of drug-likeness (QED) is 0.754. The van der Waals surface area contributed by atoms with E-state index in [-0.39, 0.29) is 11.8 Å². The first-order valence-electron chi connectivity index (χ1n) is 8.47. The zero-order valence-corrected chi connectivity index (χ0v) is 16.3. The van der Waals surface area contributed by atoms with E-state index in [9.17, 15) is 14.4 Å². The van der Waals surface area contributed by atoms with E-state index in [1.165, 1.54) is 14.2 Å². The molecule has 0 aliphatic rings. The van der Waals surface area contributed by atoms with E-state index in [0.29, 0.717) is 0 Å². The van der Waals surface area contributed by atoms with Crippen LogP contribution in [0.2, 0.25) is 0 Å². The van der Waals surface area contributed by atoms with Gasteiger partial charge in [-0.1, -0.05) is 64.1 Å². The molecule has 2 atom stereocenters. The Morgan fingerprint density at radius 1 is 0.692 bits per heavy atom. The highest BCUT2D eigenvalue weighted by Gasteiger charge is 2.30. The number of ether oxygens (including phenoxy) is 2. The van der Waals surface area contributed by atoms with Gasteiger partial charge in [0, 0.05) is 0 Å². The molecule has 0 aliphatic carbocycles. The zero-order chi connectivity index (χ0) is 20.1. The Hall–Kier alpha value is -2.57. The Morgan fingerprint density at radius 3 is 1.42 bits per heavy atom. The third-order valence-electron chi connectivity index (χ3n) is 3.49. The lowest BCUT2D eigenvalue weighted by molar-refractivity contribution is -0.146. The predicted octanol–water partition coefficient (Wildman–Crippen LogP) is 2.37. The number of hydrogen-bond acceptors (Lipinski definition) is 5. The highest BCUT2D eigenvalue weighted by atomic mass is 16.5. The third-order valence-corrected chi connectivity index (χ3v) is 3.49. The number of hydrogen-bond donors (Lipinski definition) is 2. The smallest absolute Gasteiger partial charge is 0.407 e. The minimum absolute atomic E-state index is 0.127. The van der Waals surface area contributed by atoms with E-state index < -0.39 is 30.1 Å². The first-order chi connectivity index (χ1) is 12.2. The maximum Gasteiger partial charge on any atom is 0.407 e. The highest BCUT2D eigenvalue weighted by molar-refractivity contribution is 5.89. The average molecular weight is 366 g/mol. The van der Waals surface area contributed by atoms with Crippen LogP contribution in [0.4, 0.5) is 4.79 Å². The molecule has 26 heavy (non-hydrogen) atoms. The molecule has 7 nitrogen and oxygen atoms in total. The van der Waals surface area contributed by atoms with Crippen molar-refractivity contribution < 1.29 is 23.9 Å². The number of rotatable bonds is 6. The van der Waals surface area contributed by atoms with Crippen molar-refractivity contribution in [3.05, 3.63) is 36.4 Å². The van der Waals surface area contributed by atoms with Crippen molar-refractivity contribution in [3.8, 4) is 0 Å². The molecule has 0 bridgehead atoms. The molecule has 1 rings (SSSR count). The van der Waals surface area contributed by atoms with E-state index in [4.69, 9.17) is 0 Å². The normalized spacial score (nSPS) is 12.3. The largest absolute Gasteiger partial charge is 0.467 e. The molecule has 0 aliphatic heterocycles. The molecule has 0 saturated carbocycles. The first-order valence-corrected chi connectivity index (χ1v) is 8.47. The molecule has 7 heteroatoms. The van der Waals surface area contributed by atoms with Gasteiger partial charge in [0.2, 0.25) is 5.91 Å². The van der Waals surface area contributed by atoms with Gasteiger partial charge in [-0.15, -0.1) is 0 Å². The number of methoxy groups -OCH3 is 2. The summed E-state index contributed by atoms with van der Waals surface area (Å²) in [7, 11) is 2.48. The molecule has 2 unspecified atom stereocenters. The summed E-state index contributed by atoms with van der Waals surface area (Å²) >= 11 is 0. The van der Waals surface area contributed by atoms with Crippen LogP contribution in [-0.2, 0) is 19.1 Å². The second-order valence-electron chi connectivity index (χ2n) is 6.27. The molecule has 0 saturated heterocycles. The Labute approximate surface area is 155 Å². The SMILES string of the molecule is COC(=O)NC(C(=O)NC(C(=O)OC)C(C)C)C(C)C.c1ccccc1. The Kier molecular flexibility index (Phi) is 11.5. The van der Waals surface area contributed by atoms with Gasteiger partial charge in [-0.3, -0.25) is 4.79 Å². The molecule has 0 aromatic heterocycles. The first kappa shape index (κ1) is 23.4. The van der Waals surface area contributed by atoms with Gasteiger partial charge in [0.1, 0.15) is 12.1 Å². The lowest BCUT2D eigenvalue weighted by Crippen LogP contribution is -2.55. The summed E-state index contributed by atoms with van der Waals surface area (Å²) in [5.41, 5.74) is 0. The van der Waals surface area contributed by atoms with E-state index >= 15 is 0 Å². The summed E-state index contributed by atoms with van der Waals surface area (Å²) in [5, 5.41) is 5.04. The van der Waals surface area contributed by atoms with Gasteiger partial charge in [-0.25, -0.2) is 9.59 Å². The van der Waals surface area contributed by atoms with Crippen molar-refractivity contribution in [1.29, 1.82) is 0 Å². The van der Waals surface area contributed by atoms with Crippen molar-refractivity contribution in [2.24, 2.45) is 11.8 Å². The van der Waals surface area contributed by atoms with Crippen molar-refractivity contribution >= 4 is 18.0 Å². The van der Waals surface area contributed by atoms with Crippen LogP contribution in [-0.4, -0.2) is 44.3 Å². The van der Waals surface area contributed by atoms with Crippen molar-refractivity contribution in [2.45, 2.75) is 39.8 Å². The third kappa shape index (κ3) is 9.05. The number of carbonyl (C=O) groups excluding carboxylic acids is 3. The van der Waals surface area contributed by atoms with E-state index in [1.54, 1.807) is 27.7 Å². The molecule has 0 radical (unpaired) electrons. The standard InChI is InChI=1S/C13H24N2O5.C6H6/c1-7(2)9(15-13(18)20-6)11(16)14-10(8(3)4)12(17)19-5;1-2-4-6-5-3-1/h7-10H,1-6H3,(H,14,16)(H,15,18);1-6H. The second kappa shape index (κ2) is 12.7. The maximum absolute atomic E-state index is 12.2. The zero-order valence-electron chi connectivity index (χ0n) is 16.3. The average Bonchev–Trinajstić information content (AvgIpc) is 2.64. The molecule has 0 spiro atoms. The molecule has 1 aromatic rings. The second-order valence-corrected chi connectivity index (χ2v) is 6.27. The van der Waals surface area contributed by atoms with E-state index in [1.807, 2.05) is 36.4 Å². The fraction of sp³-hybridized carbons (Fsp3) is 0.526. The molecular formula is C19H30N2O5. The molecule has 2 amide bonds. The van der Waals surface area contributed by atoms with Gasteiger partial charge >= 0.3 is 12.1 Å². The summed E-state index contributed by atoms with van der Waals surface area (Å²) in [6, 6.07) is 10.5. The molecule has 0 fully saturated rings. The van der Waals surface area contributed by atoms with Crippen molar-refractivity contribution in [1.82, 2.24) is 10.6 Å². The number of benzene rings is 1. The molecule has 0 heterocycles. The van der Waals surface area contributed by atoms with Crippen molar-refractivity contribution in [3.63, 3.8) is 0 Å². The number of amides is 2. The van der Waals surface area contributed by atoms with Crippen LogP contribution in [0.15, 0.2) is 36.4 Å². The van der Waals surface area contributed by atoms with Crippen LogP contribution < -0.4 is 10.6 Å². The van der Waals surface area contributed by atoms with Crippen LogP contribution in [0.25, 0.3) is 0 Å². The van der Waals surface area contributed by atoms with Crippen molar-refractivity contribution in [2.75, 3.05) is 14.2 Å². The summed E-state index contributed by atoms with van der Waals surface area (Å²) in [4.78, 5) is 35.0. The fourth-order valence-corrected chi connectivity index (χ4v) is 1.97. The lowest BCUT2D eigenvalue weighted by Gasteiger charge is -2.25. The number of carbonyl (C=O) groups is 3. The van der Waals surface area contributed by atoms with Gasteiger partial charge in [-0.05, 0) is 11.8 Å². The monoisotopic (exact) mass is 366 g/mol. The molecule has 2 N–H and O–H groups in total. The predicted molar refractivity (Wildman–Crippen MR) is 99.4 cm³/mol. The Balaban J connectivity index is 0.000000867. The van der Waals surface area contributed by atoms with Crippen LogP contribution in [0, 0.1) is 11.8 Å². The topological polar surface area (TPSA) is 93.7 Å². The van der Waals surface area contributed by atoms with Gasteiger partial charge in [-0.2, -0.15) is 0 Å². The van der Waals surface area contributed by atoms with Gasteiger partial charge in [0.05, 0.1) is 14.2 Å².